The van der Waals surface area contributed by atoms with Crippen LogP contribution in [0.5, 0.6) is 0 Å². The second-order valence-corrected chi connectivity index (χ2v) is 2.93. The summed E-state index contributed by atoms with van der Waals surface area (Å²) in [4.78, 5) is 22.2. The Hall–Kier alpha value is -0.130. The number of nitrogens with zero attached hydrogens (tertiary/aromatic N) is 1. The zero-order valence-corrected chi connectivity index (χ0v) is 7.51. The molecule has 3 nitrogen and oxygen atoms in total. The Morgan fingerprint density at radius 2 is 2.00 bits per heavy atom. The first-order valence-corrected chi connectivity index (χ1v) is 3.52. The monoisotopic (exact) mass is 241 g/mol. The van der Waals surface area contributed by atoms with Gasteiger partial charge in [0.25, 0.3) is 0 Å². The molecular formula is C5H8INO2. The number of carbonyl (C=O) groups excluding carboxylic acids is 2. The summed E-state index contributed by atoms with van der Waals surface area (Å²) in [6, 6.07) is 0. The van der Waals surface area contributed by atoms with Crippen LogP contribution in [0.25, 0.3) is 0 Å². The zero-order chi connectivity index (χ0) is 7.44. The minimum atomic E-state index is -0.0833. The lowest BCUT2D eigenvalue weighted by Crippen LogP contribution is -2.27. The Morgan fingerprint density at radius 1 is 1.56 bits per heavy atom. The number of hydrogen-bond donors (Lipinski definition) is 0. The average Bonchev–Trinajstić information content (AvgIpc) is 1.63. The van der Waals surface area contributed by atoms with Crippen molar-refractivity contribution in [1.82, 2.24) is 4.90 Å². The quantitative estimate of drug-likeness (QED) is 0.519. The van der Waals surface area contributed by atoms with Crippen molar-refractivity contribution >= 4 is 32.3 Å². The third-order valence-electron chi connectivity index (χ3n) is 0.899. The fourth-order valence-electron chi connectivity index (χ4n) is 0.298. The minimum Gasteiger partial charge on any atom is -0.338 e. The molecule has 9 heavy (non-hydrogen) atoms. The lowest BCUT2D eigenvalue weighted by atomic mass is 10.5. The van der Waals surface area contributed by atoms with E-state index in [0.717, 1.165) is 0 Å². The van der Waals surface area contributed by atoms with Gasteiger partial charge in [0.05, 0.1) is 6.54 Å². The molecule has 1 amide bonds. The molecule has 0 unspecified atom stereocenters. The van der Waals surface area contributed by atoms with E-state index in [1.165, 1.54) is 11.8 Å². The SMILES string of the molecule is CC(=O)N(C)CC(=O)I. The van der Waals surface area contributed by atoms with Crippen LogP contribution >= 0.6 is 22.6 Å². The third-order valence-corrected chi connectivity index (χ3v) is 1.24. The number of carbonyl (C=O) groups is 2. The van der Waals surface area contributed by atoms with Crippen LogP contribution in [0, 0.1) is 0 Å². The molecule has 0 aliphatic carbocycles. The van der Waals surface area contributed by atoms with Gasteiger partial charge >= 0.3 is 0 Å². The highest BCUT2D eigenvalue weighted by atomic mass is 127. The highest BCUT2D eigenvalue weighted by molar-refractivity contribution is 14.1. The second kappa shape index (κ2) is 3.81. The standard InChI is InChI=1S/C5H8INO2/c1-4(8)7(2)3-5(6)9/h3H2,1-2H3. The fraction of sp³-hybridized carbons (Fsp3) is 0.600. The molecule has 0 aromatic carbocycles. The summed E-state index contributed by atoms with van der Waals surface area (Å²) in [5.74, 6) is -0.0833. The van der Waals surface area contributed by atoms with Gasteiger partial charge in [-0.3, -0.25) is 9.59 Å². The summed E-state index contributed by atoms with van der Waals surface area (Å²) in [6.45, 7) is 1.63. The molecule has 0 rings (SSSR count). The van der Waals surface area contributed by atoms with E-state index in [0.29, 0.717) is 0 Å². The van der Waals surface area contributed by atoms with Gasteiger partial charge in [0.15, 0.2) is 0 Å². The van der Waals surface area contributed by atoms with Crippen molar-refractivity contribution in [3.05, 3.63) is 0 Å². The largest absolute Gasteiger partial charge is 0.338 e. The molecule has 0 aliphatic rings. The van der Waals surface area contributed by atoms with Crippen LogP contribution in [0.15, 0.2) is 0 Å². The Kier molecular flexibility index (Phi) is 3.76. The first-order valence-electron chi connectivity index (χ1n) is 2.44. The molecule has 0 radical (unpaired) electrons. The van der Waals surface area contributed by atoms with Gasteiger partial charge in [-0.05, 0) is 0 Å². The van der Waals surface area contributed by atoms with Gasteiger partial charge in [-0.25, -0.2) is 0 Å². The molecule has 0 aliphatic heterocycles. The minimum absolute atomic E-state index is 0.0229. The molecule has 0 aromatic heterocycles. The summed E-state index contributed by atoms with van der Waals surface area (Å²) in [5, 5.41) is 0. The van der Waals surface area contributed by atoms with Crippen molar-refractivity contribution < 1.29 is 9.59 Å². The predicted octanol–water partition coefficient (Wildman–Crippen LogP) is 0.426. The van der Waals surface area contributed by atoms with Gasteiger partial charge in [-0.15, -0.1) is 0 Å². The number of halogens is 1. The number of amides is 1. The molecule has 0 atom stereocenters. The number of rotatable bonds is 2. The fourth-order valence-corrected chi connectivity index (χ4v) is 0.809. The molecule has 0 spiro atoms. The van der Waals surface area contributed by atoms with Crippen molar-refractivity contribution in [2.75, 3.05) is 13.6 Å². The van der Waals surface area contributed by atoms with Crippen molar-refractivity contribution in [1.29, 1.82) is 0 Å². The first-order chi connectivity index (χ1) is 4.04. The summed E-state index contributed by atoms with van der Waals surface area (Å²) >= 11 is 1.66. The normalized spacial score (nSPS) is 8.78. The molecule has 0 saturated carbocycles. The maximum atomic E-state index is 10.4. The smallest absolute Gasteiger partial charge is 0.219 e. The van der Waals surface area contributed by atoms with E-state index in [-0.39, 0.29) is 16.2 Å². The topological polar surface area (TPSA) is 37.4 Å². The molecule has 0 fully saturated rings. The van der Waals surface area contributed by atoms with Gasteiger partial charge in [-0.2, -0.15) is 0 Å². The van der Waals surface area contributed by atoms with Crippen LogP contribution in [-0.2, 0) is 9.59 Å². The van der Waals surface area contributed by atoms with E-state index in [1.807, 2.05) is 0 Å². The molecule has 0 saturated heterocycles. The van der Waals surface area contributed by atoms with E-state index < -0.39 is 0 Å². The van der Waals surface area contributed by atoms with E-state index in [4.69, 9.17) is 0 Å². The summed E-state index contributed by atoms with van der Waals surface area (Å²) in [6.07, 6.45) is 0. The Labute approximate surface area is 67.5 Å². The third kappa shape index (κ3) is 4.38. The Bertz CT molecular complexity index is 135. The van der Waals surface area contributed by atoms with Crippen molar-refractivity contribution in [2.24, 2.45) is 0 Å². The van der Waals surface area contributed by atoms with E-state index in [1.54, 1.807) is 29.6 Å². The maximum Gasteiger partial charge on any atom is 0.219 e. The van der Waals surface area contributed by atoms with E-state index in [2.05, 4.69) is 0 Å². The maximum absolute atomic E-state index is 10.4. The van der Waals surface area contributed by atoms with Crippen LogP contribution in [0.3, 0.4) is 0 Å². The lowest BCUT2D eigenvalue weighted by Gasteiger charge is -2.10. The molecule has 4 heteroatoms. The predicted molar refractivity (Wildman–Crippen MR) is 42.3 cm³/mol. The van der Waals surface area contributed by atoms with Gasteiger partial charge in [-0.1, -0.05) is 0 Å². The molecule has 0 aromatic rings. The molecular weight excluding hydrogens is 233 g/mol. The molecule has 0 N–H and O–H groups in total. The summed E-state index contributed by atoms with van der Waals surface area (Å²) in [7, 11) is 1.60. The van der Waals surface area contributed by atoms with Crippen LogP contribution in [0.1, 0.15) is 6.92 Å². The van der Waals surface area contributed by atoms with Gasteiger partial charge in [0, 0.05) is 36.6 Å². The summed E-state index contributed by atoms with van der Waals surface area (Å²) in [5.41, 5.74) is 0. The van der Waals surface area contributed by atoms with E-state index >= 15 is 0 Å². The Morgan fingerprint density at radius 3 is 2.11 bits per heavy atom. The summed E-state index contributed by atoms with van der Waals surface area (Å²) < 4.78 is -0.0229. The van der Waals surface area contributed by atoms with E-state index in [9.17, 15) is 9.59 Å². The van der Waals surface area contributed by atoms with Crippen molar-refractivity contribution in [2.45, 2.75) is 6.92 Å². The molecule has 0 bridgehead atoms. The van der Waals surface area contributed by atoms with Crippen molar-refractivity contribution in [3.8, 4) is 0 Å². The van der Waals surface area contributed by atoms with Crippen LogP contribution in [-0.4, -0.2) is 28.2 Å². The molecule has 52 valence electrons. The van der Waals surface area contributed by atoms with Crippen molar-refractivity contribution in [3.63, 3.8) is 0 Å². The zero-order valence-electron chi connectivity index (χ0n) is 5.35. The van der Waals surface area contributed by atoms with Crippen LogP contribution in [0.4, 0.5) is 0 Å². The van der Waals surface area contributed by atoms with Crippen LogP contribution in [0.2, 0.25) is 0 Å². The lowest BCUT2D eigenvalue weighted by molar-refractivity contribution is -0.129. The number of hydrogen-bond acceptors (Lipinski definition) is 2. The van der Waals surface area contributed by atoms with Crippen LogP contribution < -0.4 is 0 Å². The van der Waals surface area contributed by atoms with Gasteiger partial charge < -0.3 is 4.90 Å². The second-order valence-electron chi connectivity index (χ2n) is 1.73. The highest BCUT2D eigenvalue weighted by Gasteiger charge is 2.03. The first kappa shape index (κ1) is 8.87. The molecule has 0 heterocycles. The van der Waals surface area contributed by atoms with Gasteiger partial charge in [0.2, 0.25) is 9.70 Å². The highest BCUT2D eigenvalue weighted by Crippen LogP contribution is 1.89. The average molecular weight is 241 g/mol. The van der Waals surface area contributed by atoms with Gasteiger partial charge in [0.1, 0.15) is 0 Å². The Balaban J connectivity index is 3.63. The number of likely N-dealkylation sites (N-methyl/N-ethyl adjacent to an activating group) is 1.